The predicted molar refractivity (Wildman–Crippen MR) is 78.7 cm³/mol. The van der Waals surface area contributed by atoms with Gasteiger partial charge in [-0.15, -0.1) is 0 Å². The Kier molecular flexibility index (Phi) is 4.42. The fourth-order valence-electron chi connectivity index (χ4n) is 2.42. The molecule has 1 aromatic carbocycles. The van der Waals surface area contributed by atoms with E-state index in [9.17, 15) is 8.42 Å². The highest BCUT2D eigenvalue weighted by molar-refractivity contribution is 7.94. The second-order valence-electron chi connectivity index (χ2n) is 5.43. The standard InChI is InChI=1S/C15H21NO2S/c1-12(2)15(13-6-4-3-5-7-13)10-16-14-8-9-19(17,18)11-14/h3-9,12,14-16H,10-11H2,1-2H3. The number of benzene rings is 1. The van der Waals surface area contributed by atoms with Gasteiger partial charge in [0.05, 0.1) is 5.75 Å². The van der Waals surface area contributed by atoms with Gasteiger partial charge in [0, 0.05) is 18.0 Å². The average molecular weight is 279 g/mol. The molecular weight excluding hydrogens is 258 g/mol. The van der Waals surface area contributed by atoms with Gasteiger partial charge >= 0.3 is 0 Å². The fourth-order valence-corrected chi connectivity index (χ4v) is 3.69. The van der Waals surface area contributed by atoms with E-state index in [2.05, 4.69) is 31.3 Å². The molecule has 2 rings (SSSR count). The summed E-state index contributed by atoms with van der Waals surface area (Å²) >= 11 is 0. The van der Waals surface area contributed by atoms with Crippen LogP contribution in [0.5, 0.6) is 0 Å². The smallest absolute Gasteiger partial charge is 0.173 e. The van der Waals surface area contributed by atoms with E-state index in [-0.39, 0.29) is 11.8 Å². The molecule has 0 aliphatic carbocycles. The summed E-state index contributed by atoms with van der Waals surface area (Å²) in [6.45, 7) is 5.19. The van der Waals surface area contributed by atoms with E-state index in [0.717, 1.165) is 6.54 Å². The molecule has 1 heterocycles. The van der Waals surface area contributed by atoms with Gasteiger partial charge in [0.2, 0.25) is 0 Å². The summed E-state index contributed by atoms with van der Waals surface area (Å²) in [5.74, 6) is 1.10. The lowest BCUT2D eigenvalue weighted by atomic mass is 9.88. The highest BCUT2D eigenvalue weighted by Crippen LogP contribution is 2.23. The second-order valence-corrected chi connectivity index (χ2v) is 7.37. The molecule has 0 radical (unpaired) electrons. The summed E-state index contributed by atoms with van der Waals surface area (Å²) in [7, 11) is -2.97. The summed E-state index contributed by atoms with van der Waals surface area (Å²) in [4.78, 5) is 0. The molecule has 4 heteroatoms. The van der Waals surface area contributed by atoms with Gasteiger partial charge in [0.15, 0.2) is 9.84 Å². The van der Waals surface area contributed by atoms with Gasteiger partial charge in [0.1, 0.15) is 0 Å². The molecule has 0 bridgehead atoms. The number of nitrogens with one attached hydrogen (secondary N) is 1. The molecule has 2 atom stereocenters. The Labute approximate surface area is 115 Å². The summed E-state index contributed by atoms with van der Waals surface area (Å²) in [6.07, 6.45) is 1.75. The fraction of sp³-hybridized carbons (Fsp3) is 0.467. The number of hydrogen-bond acceptors (Lipinski definition) is 3. The van der Waals surface area contributed by atoms with Crippen molar-refractivity contribution >= 4 is 9.84 Å². The van der Waals surface area contributed by atoms with Gasteiger partial charge < -0.3 is 5.32 Å². The Morgan fingerprint density at radius 1 is 1.26 bits per heavy atom. The molecule has 0 saturated heterocycles. The average Bonchev–Trinajstić information content (AvgIpc) is 2.70. The molecule has 0 saturated carbocycles. The molecule has 1 N–H and O–H groups in total. The Balaban J connectivity index is 1.98. The third-order valence-electron chi connectivity index (χ3n) is 3.56. The zero-order valence-corrected chi connectivity index (χ0v) is 12.2. The first-order valence-electron chi connectivity index (χ1n) is 6.67. The summed E-state index contributed by atoms with van der Waals surface area (Å²) < 4.78 is 22.7. The number of rotatable bonds is 5. The van der Waals surface area contributed by atoms with Crippen LogP contribution >= 0.6 is 0 Å². The van der Waals surface area contributed by atoms with Gasteiger partial charge in [0.25, 0.3) is 0 Å². The van der Waals surface area contributed by atoms with Crippen LogP contribution in [0.2, 0.25) is 0 Å². The van der Waals surface area contributed by atoms with E-state index < -0.39 is 9.84 Å². The Bertz CT molecular complexity index is 535. The molecule has 104 valence electrons. The molecule has 1 aromatic rings. The first-order chi connectivity index (χ1) is 8.98. The Morgan fingerprint density at radius 3 is 2.47 bits per heavy atom. The van der Waals surface area contributed by atoms with Gasteiger partial charge in [-0.2, -0.15) is 0 Å². The van der Waals surface area contributed by atoms with E-state index in [1.165, 1.54) is 11.0 Å². The zero-order valence-electron chi connectivity index (χ0n) is 11.4. The van der Waals surface area contributed by atoms with E-state index in [0.29, 0.717) is 11.8 Å². The molecule has 2 unspecified atom stereocenters. The minimum atomic E-state index is -2.97. The van der Waals surface area contributed by atoms with E-state index in [1.54, 1.807) is 6.08 Å². The van der Waals surface area contributed by atoms with Gasteiger partial charge in [-0.25, -0.2) is 8.42 Å². The van der Waals surface area contributed by atoms with Gasteiger partial charge in [-0.05, 0) is 17.4 Å². The van der Waals surface area contributed by atoms with Crippen LogP contribution in [0.15, 0.2) is 41.8 Å². The van der Waals surface area contributed by atoms with Crippen molar-refractivity contribution in [2.45, 2.75) is 25.8 Å². The van der Waals surface area contributed by atoms with Crippen LogP contribution < -0.4 is 5.32 Å². The maximum absolute atomic E-state index is 11.4. The van der Waals surface area contributed by atoms with Gasteiger partial charge in [-0.3, -0.25) is 0 Å². The van der Waals surface area contributed by atoms with Crippen LogP contribution in [0.4, 0.5) is 0 Å². The topological polar surface area (TPSA) is 46.2 Å². The number of hydrogen-bond donors (Lipinski definition) is 1. The van der Waals surface area contributed by atoms with Crippen molar-refractivity contribution in [3.63, 3.8) is 0 Å². The third-order valence-corrected chi connectivity index (χ3v) is 4.96. The van der Waals surface area contributed by atoms with Crippen molar-refractivity contribution in [3.05, 3.63) is 47.4 Å². The lowest BCUT2D eigenvalue weighted by Crippen LogP contribution is -2.34. The summed E-state index contributed by atoms with van der Waals surface area (Å²) in [6, 6.07) is 10.3. The number of sulfone groups is 1. The van der Waals surface area contributed by atoms with Crippen LogP contribution in [0.3, 0.4) is 0 Å². The van der Waals surface area contributed by atoms with Crippen molar-refractivity contribution in [1.82, 2.24) is 5.32 Å². The van der Waals surface area contributed by atoms with Crippen LogP contribution in [-0.2, 0) is 9.84 Å². The maximum atomic E-state index is 11.4. The molecule has 0 aromatic heterocycles. The lowest BCUT2D eigenvalue weighted by molar-refractivity contribution is 0.452. The first-order valence-corrected chi connectivity index (χ1v) is 8.39. The first kappa shape index (κ1) is 14.3. The van der Waals surface area contributed by atoms with Crippen molar-refractivity contribution in [2.75, 3.05) is 12.3 Å². The van der Waals surface area contributed by atoms with Crippen molar-refractivity contribution in [1.29, 1.82) is 0 Å². The maximum Gasteiger partial charge on any atom is 0.173 e. The summed E-state index contributed by atoms with van der Waals surface area (Å²) in [5.41, 5.74) is 1.30. The normalized spacial score (nSPS) is 22.8. The van der Waals surface area contributed by atoms with Crippen LogP contribution in [-0.4, -0.2) is 26.8 Å². The predicted octanol–water partition coefficient (Wildman–Crippen LogP) is 2.33. The minimum absolute atomic E-state index is 0.0463. The zero-order chi connectivity index (χ0) is 13.9. The van der Waals surface area contributed by atoms with Crippen LogP contribution in [0.1, 0.15) is 25.3 Å². The third kappa shape index (κ3) is 3.91. The van der Waals surface area contributed by atoms with E-state index >= 15 is 0 Å². The molecule has 1 aliphatic rings. The van der Waals surface area contributed by atoms with Crippen molar-refractivity contribution in [2.24, 2.45) is 5.92 Å². The minimum Gasteiger partial charge on any atom is -0.309 e. The van der Waals surface area contributed by atoms with E-state index in [1.807, 2.05) is 18.2 Å². The second kappa shape index (κ2) is 5.88. The van der Waals surface area contributed by atoms with Crippen LogP contribution in [0.25, 0.3) is 0 Å². The molecule has 3 nitrogen and oxygen atoms in total. The molecule has 0 amide bonds. The largest absolute Gasteiger partial charge is 0.309 e. The van der Waals surface area contributed by atoms with Gasteiger partial charge in [-0.1, -0.05) is 50.3 Å². The molecule has 19 heavy (non-hydrogen) atoms. The molecular formula is C15H21NO2S. The Morgan fingerprint density at radius 2 is 1.95 bits per heavy atom. The highest BCUT2D eigenvalue weighted by Gasteiger charge is 2.23. The summed E-state index contributed by atoms with van der Waals surface area (Å²) in [5, 5.41) is 4.67. The molecule has 0 fully saturated rings. The highest BCUT2D eigenvalue weighted by atomic mass is 32.2. The van der Waals surface area contributed by atoms with E-state index in [4.69, 9.17) is 0 Å². The Hall–Kier alpha value is -1.13. The monoisotopic (exact) mass is 279 g/mol. The molecule has 0 spiro atoms. The van der Waals surface area contributed by atoms with Crippen LogP contribution in [0, 0.1) is 5.92 Å². The quantitative estimate of drug-likeness (QED) is 0.900. The lowest BCUT2D eigenvalue weighted by Gasteiger charge is -2.23. The van der Waals surface area contributed by atoms with Crippen molar-refractivity contribution in [3.8, 4) is 0 Å². The molecule has 1 aliphatic heterocycles. The SMILES string of the molecule is CC(C)C(CNC1C=CS(=O)(=O)C1)c1ccccc1. The van der Waals surface area contributed by atoms with Crippen molar-refractivity contribution < 1.29 is 8.42 Å².